The van der Waals surface area contributed by atoms with Crippen molar-refractivity contribution in [3.63, 3.8) is 0 Å². The maximum absolute atomic E-state index is 13.9. The molecule has 2 rings (SSSR count). The zero-order chi connectivity index (χ0) is 36.3. The molecule has 274 valence electrons. The highest BCUT2D eigenvalue weighted by atomic mass is 19.4. The van der Waals surface area contributed by atoms with Crippen molar-refractivity contribution < 1.29 is 41.9 Å². The lowest BCUT2D eigenvalue weighted by atomic mass is 9.70. The van der Waals surface area contributed by atoms with Crippen molar-refractivity contribution in [2.24, 2.45) is 23.2 Å². The monoisotopic (exact) mass is 683 g/mol. The summed E-state index contributed by atoms with van der Waals surface area (Å²) in [5.74, 6) is -2.60. The lowest BCUT2D eigenvalue weighted by molar-refractivity contribution is -0.305. The van der Waals surface area contributed by atoms with Gasteiger partial charge in [0, 0.05) is 12.3 Å². The molecule has 1 saturated heterocycles. The molecule has 1 fully saturated rings. The molecule has 0 N–H and O–H groups in total. The number of Topliss-reactive ketones (excluding diaryl/α,β-unsaturated/α-hetero) is 1. The molecule has 1 aromatic rings. The van der Waals surface area contributed by atoms with Gasteiger partial charge in [0.1, 0.15) is 5.78 Å². The molecule has 0 aliphatic carbocycles. The summed E-state index contributed by atoms with van der Waals surface area (Å²) in [6.07, 6.45) is 0.606. The average molecular weight is 684 g/mol. The van der Waals surface area contributed by atoms with Crippen molar-refractivity contribution in [2.45, 2.75) is 143 Å². The van der Waals surface area contributed by atoms with Gasteiger partial charge in [0.2, 0.25) is 0 Å². The zero-order valence-electron chi connectivity index (χ0n) is 30.7. The SMILES string of the molecule is CCCCC(CC)COC(=O)C(CC(C)c1ccccc1)CC(C)(CON1C(C)(CC)CC(=O)C(C)C1(C)CC)C(=O)OCC(F)(F)F. The quantitative estimate of drug-likeness (QED) is 0.135. The Morgan fingerprint density at radius 3 is 2.21 bits per heavy atom. The van der Waals surface area contributed by atoms with Crippen molar-refractivity contribution in [3.8, 4) is 0 Å². The maximum Gasteiger partial charge on any atom is 0.422 e. The summed E-state index contributed by atoms with van der Waals surface area (Å²) in [4.78, 5) is 47.1. The van der Waals surface area contributed by atoms with Crippen LogP contribution in [0, 0.1) is 23.2 Å². The Balaban J connectivity index is 2.50. The normalized spacial score (nSPS) is 25.2. The number of ether oxygens (including phenoxy) is 2. The Labute approximate surface area is 286 Å². The van der Waals surface area contributed by atoms with E-state index < -0.39 is 47.1 Å². The number of esters is 2. The minimum Gasteiger partial charge on any atom is -0.465 e. The van der Waals surface area contributed by atoms with E-state index in [4.69, 9.17) is 14.3 Å². The van der Waals surface area contributed by atoms with Crippen molar-refractivity contribution in [1.82, 2.24) is 5.06 Å². The minimum absolute atomic E-state index is 0.108. The predicted molar refractivity (Wildman–Crippen MR) is 181 cm³/mol. The molecule has 0 saturated carbocycles. The summed E-state index contributed by atoms with van der Waals surface area (Å²) in [7, 11) is 0. The number of hydrogen-bond donors (Lipinski definition) is 0. The molecule has 1 aliphatic heterocycles. The summed E-state index contributed by atoms with van der Waals surface area (Å²) in [5.41, 5.74) is -2.10. The van der Waals surface area contributed by atoms with Gasteiger partial charge in [-0.2, -0.15) is 18.2 Å². The number of halogens is 3. The van der Waals surface area contributed by atoms with Gasteiger partial charge in [0.05, 0.1) is 35.6 Å². The fourth-order valence-corrected chi connectivity index (χ4v) is 6.86. The van der Waals surface area contributed by atoms with E-state index in [-0.39, 0.29) is 49.6 Å². The van der Waals surface area contributed by atoms with Crippen LogP contribution in [0.25, 0.3) is 0 Å². The van der Waals surface area contributed by atoms with E-state index in [1.807, 2.05) is 71.9 Å². The van der Waals surface area contributed by atoms with Crippen LogP contribution >= 0.6 is 0 Å². The number of carbonyl (C=O) groups excluding carboxylic acids is 3. The first kappa shape index (κ1) is 41.7. The van der Waals surface area contributed by atoms with E-state index in [2.05, 4.69) is 13.8 Å². The van der Waals surface area contributed by atoms with Crippen molar-refractivity contribution in [1.29, 1.82) is 0 Å². The zero-order valence-corrected chi connectivity index (χ0v) is 30.7. The Hall–Kier alpha value is -2.46. The number of rotatable bonds is 19. The van der Waals surface area contributed by atoms with Crippen LogP contribution in [0.15, 0.2) is 30.3 Å². The van der Waals surface area contributed by atoms with Gasteiger partial charge < -0.3 is 9.47 Å². The van der Waals surface area contributed by atoms with Gasteiger partial charge in [0.25, 0.3) is 0 Å². The standard InChI is InChI=1S/C38H60F3NO6/c1-10-14-18-29(11-2)24-46-33(44)31(21-27(5)30-19-16-15-17-20-30)22-35(7,34(45)47-26-38(39,40)41)25-48-42-36(8,12-3)23-32(43)28(6)37(42,9)13-4/h15-17,19-20,27-29,31H,10-14,18,21-26H2,1-9H3. The molecule has 7 nitrogen and oxygen atoms in total. The van der Waals surface area contributed by atoms with Crippen LogP contribution in [0.1, 0.15) is 132 Å². The fraction of sp³-hybridized carbons (Fsp3) is 0.763. The number of hydroxylamine groups is 2. The van der Waals surface area contributed by atoms with Gasteiger partial charge in [-0.15, -0.1) is 0 Å². The number of carbonyl (C=O) groups is 3. The first-order valence-corrected chi connectivity index (χ1v) is 17.8. The molecule has 0 spiro atoms. The van der Waals surface area contributed by atoms with E-state index in [1.54, 1.807) is 5.06 Å². The molecule has 1 aliphatic rings. The molecule has 10 heteroatoms. The maximum atomic E-state index is 13.9. The number of alkyl halides is 3. The van der Waals surface area contributed by atoms with Gasteiger partial charge in [-0.3, -0.25) is 19.2 Å². The van der Waals surface area contributed by atoms with Gasteiger partial charge in [-0.1, -0.05) is 91.1 Å². The number of ketones is 1. The Morgan fingerprint density at radius 2 is 1.67 bits per heavy atom. The second-order valence-corrected chi connectivity index (χ2v) is 14.7. The second-order valence-electron chi connectivity index (χ2n) is 14.7. The summed E-state index contributed by atoms with van der Waals surface area (Å²) < 4.78 is 50.6. The summed E-state index contributed by atoms with van der Waals surface area (Å²) in [6.45, 7) is 15.4. The number of nitrogens with zero attached hydrogens (tertiary/aromatic N) is 1. The van der Waals surface area contributed by atoms with Crippen molar-refractivity contribution >= 4 is 17.7 Å². The van der Waals surface area contributed by atoms with Crippen LogP contribution in [-0.4, -0.2) is 59.9 Å². The number of benzene rings is 1. The van der Waals surface area contributed by atoms with Crippen LogP contribution in [0.5, 0.6) is 0 Å². The molecule has 0 aromatic heterocycles. The van der Waals surface area contributed by atoms with Crippen molar-refractivity contribution in [2.75, 3.05) is 19.8 Å². The van der Waals surface area contributed by atoms with Crippen LogP contribution < -0.4 is 0 Å². The highest BCUT2D eigenvalue weighted by Crippen LogP contribution is 2.45. The average Bonchev–Trinajstić information content (AvgIpc) is 3.05. The smallest absolute Gasteiger partial charge is 0.422 e. The van der Waals surface area contributed by atoms with E-state index in [0.717, 1.165) is 31.2 Å². The summed E-state index contributed by atoms with van der Waals surface area (Å²) in [6, 6.07) is 9.63. The van der Waals surface area contributed by atoms with Crippen molar-refractivity contribution in [3.05, 3.63) is 35.9 Å². The van der Waals surface area contributed by atoms with E-state index in [0.29, 0.717) is 19.3 Å². The molecular weight excluding hydrogens is 623 g/mol. The third-order valence-corrected chi connectivity index (χ3v) is 10.8. The molecule has 48 heavy (non-hydrogen) atoms. The van der Waals surface area contributed by atoms with Crippen LogP contribution in [0.2, 0.25) is 0 Å². The Kier molecular flexibility index (Phi) is 15.6. The van der Waals surface area contributed by atoms with Crippen LogP contribution in [0.4, 0.5) is 13.2 Å². The largest absolute Gasteiger partial charge is 0.465 e. The number of piperidine rings is 1. The summed E-state index contributed by atoms with van der Waals surface area (Å²) in [5, 5.41) is 1.79. The van der Waals surface area contributed by atoms with Gasteiger partial charge in [-0.05, 0) is 70.3 Å². The highest BCUT2D eigenvalue weighted by molar-refractivity contribution is 5.84. The number of hydrogen-bond acceptors (Lipinski definition) is 7. The lowest BCUT2D eigenvalue weighted by Crippen LogP contribution is -2.67. The van der Waals surface area contributed by atoms with Gasteiger partial charge in [0.15, 0.2) is 6.61 Å². The minimum atomic E-state index is -4.73. The van der Waals surface area contributed by atoms with Crippen LogP contribution in [-0.2, 0) is 28.7 Å². The van der Waals surface area contributed by atoms with E-state index in [1.165, 1.54) is 6.92 Å². The highest BCUT2D eigenvalue weighted by Gasteiger charge is 2.54. The van der Waals surface area contributed by atoms with Crippen LogP contribution in [0.3, 0.4) is 0 Å². The van der Waals surface area contributed by atoms with Gasteiger partial charge in [-0.25, -0.2) is 0 Å². The third kappa shape index (κ3) is 11.0. The first-order chi connectivity index (χ1) is 22.4. The number of unbranched alkanes of at least 4 members (excludes halogenated alkanes) is 1. The predicted octanol–water partition coefficient (Wildman–Crippen LogP) is 9.24. The molecule has 1 heterocycles. The Morgan fingerprint density at radius 1 is 1.02 bits per heavy atom. The molecule has 0 radical (unpaired) electrons. The van der Waals surface area contributed by atoms with E-state index >= 15 is 0 Å². The molecule has 7 unspecified atom stereocenters. The molecule has 7 atom stereocenters. The Bertz CT molecular complexity index is 1180. The third-order valence-electron chi connectivity index (χ3n) is 10.8. The molecule has 0 amide bonds. The summed E-state index contributed by atoms with van der Waals surface area (Å²) >= 11 is 0. The van der Waals surface area contributed by atoms with Gasteiger partial charge >= 0.3 is 18.1 Å². The lowest BCUT2D eigenvalue weighted by Gasteiger charge is -2.56. The fourth-order valence-electron chi connectivity index (χ4n) is 6.86. The second kappa shape index (κ2) is 18.0. The molecule has 1 aromatic carbocycles. The van der Waals surface area contributed by atoms with E-state index in [9.17, 15) is 27.6 Å². The first-order valence-electron chi connectivity index (χ1n) is 17.8. The molecular formula is C38H60F3NO6. The molecule has 0 bridgehead atoms. The topological polar surface area (TPSA) is 82.1 Å².